The number of carbonyl (C=O) groups is 2. The van der Waals surface area contributed by atoms with Gasteiger partial charge in [-0.1, -0.05) is 31.5 Å². The van der Waals surface area contributed by atoms with E-state index in [1.54, 1.807) is 18.2 Å². The summed E-state index contributed by atoms with van der Waals surface area (Å²) in [4.78, 5) is 25.0. The van der Waals surface area contributed by atoms with Crippen molar-refractivity contribution in [2.24, 2.45) is 5.92 Å². The van der Waals surface area contributed by atoms with E-state index < -0.39 is 0 Å². The molecule has 172 valence electrons. The van der Waals surface area contributed by atoms with Gasteiger partial charge < -0.3 is 24.7 Å². The number of hydrogen-bond donors (Lipinski definition) is 2. The Morgan fingerprint density at radius 2 is 2.00 bits per heavy atom. The highest BCUT2D eigenvalue weighted by Crippen LogP contribution is 2.32. The van der Waals surface area contributed by atoms with Crippen LogP contribution in [0.2, 0.25) is 0 Å². The third kappa shape index (κ3) is 5.17. The Bertz CT molecular complexity index is 979. The van der Waals surface area contributed by atoms with Crippen molar-refractivity contribution >= 4 is 23.6 Å². The molecular weight excluding hydrogens is 430 g/mol. The number of aromatic nitrogens is 3. The topological polar surface area (TPSA) is 107 Å². The molecule has 0 radical (unpaired) electrons. The van der Waals surface area contributed by atoms with Crippen molar-refractivity contribution < 1.29 is 19.1 Å². The van der Waals surface area contributed by atoms with E-state index >= 15 is 0 Å². The van der Waals surface area contributed by atoms with Crippen molar-refractivity contribution in [3.8, 4) is 11.5 Å². The summed E-state index contributed by atoms with van der Waals surface area (Å²) in [5, 5.41) is 15.2. The lowest BCUT2D eigenvalue weighted by molar-refractivity contribution is -0.119. The molecule has 1 aromatic heterocycles. The zero-order valence-electron chi connectivity index (χ0n) is 18.4. The van der Waals surface area contributed by atoms with Crippen LogP contribution in [0.5, 0.6) is 11.5 Å². The molecule has 2 aromatic rings. The van der Waals surface area contributed by atoms with Crippen molar-refractivity contribution in [1.29, 1.82) is 0 Å². The molecule has 1 fully saturated rings. The number of rotatable bonds is 8. The van der Waals surface area contributed by atoms with Crippen LogP contribution in [0.4, 0.5) is 0 Å². The number of hydrogen-bond acceptors (Lipinski definition) is 7. The smallest absolute Gasteiger partial charge is 0.251 e. The Balaban J connectivity index is 1.30. The summed E-state index contributed by atoms with van der Waals surface area (Å²) in [7, 11) is 0. The van der Waals surface area contributed by atoms with E-state index in [0.29, 0.717) is 46.3 Å². The van der Waals surface area contributed by atoms with Gasteiger partial charge in [0.05, 0.1) is 12.3 Å². The van der Waals surface area contributed by atoms with Crippen molar-refractivity contribution in [3.05, 3.63) is 29.6 Å². The van der Waals surface area contributed by atoms with Crippen LogP contribution < -0.4 is 20.1 Å². The zero-order valence-corrected chi connectivity index (χ0v) is 19.2. The molecule has 0 unspecified atom stereocenters. The molecule has 4 rings (SSSR count). The van der Waals surface area contributed by atoms with Gasteiger partial charge in [0.15, 0.2) is 22.5 Å². The summed E-state index contributed by atoms with van der Waals surface area (Å²) >= 11 is 1.37. The van der Waals surface area contributed by atoms with Crippen molar-refractivity contribution in [2.45, 2.75) is 63.8 Å². The van der Waals surface area contributed by atoms with E-state index in [0.717, 1.165) is 6.42 Å². The molecule has 1 saturated carbocycles. The molecule has 2 N–H and O–H groups in total. The van der Waals surface area contributed by atoms with Crippen LogP contribution >= 0.6 is 11.8 Å². The summed E-state index contributed by atoms with van der Waals surface area (Å²) in [6.07, 6.45) is 4.64. The van der Waals surface area contributed by atoms with E-state index in [1.807, 2.05) is 11.5 Å². The molecule has 10 heteroatoms. The first-order valence-electron chi connectivity index (χ1n) is 11.1. The lowest BCUT2D eigenvalue weighted by atomic mass is 9.86. The van der Waals surface area contributed by atoms with E-state index in [-0.39, 0.29) is 31.2 Å². The maximum absolute atomic E-state index is 12.5. The van der Waals surface area contributed by atoms with E-state index in [9.17, 15) is 9.59 Å². The van der Waals surface area contributed by atoms with Gasteiger partial charge in [0.25, 0.3) is 5.91 Å². The van der Waals surface area contributed by atoms with Gasteiger partial charge in [-0.05, 0) is 43.9 Å². The fraction of sp³-hybridized carbons (Fsp3) is 0.545. The van der Waals surface area contributed by atoms with Crippen LogP contribution in [0.15, 0.2) is 23.4 Å². The van der Waals surface area contributed by atoms with Gasteiger partial charge in [-0.3, -0.25) is 9.59 Å². The molecule has 9 nitrogen and oxygen atoms in total. The molecule has 2 aliphatic rings. The molecule has 2 atom stereocenters. The second-order valence-corrected chi connectivity index (χ2v) is 9.06. The minimum atomic E-state index is -0.232. The average molecular weight is 460 g/mol. The van der Waals surface area contributed by atoms with Gasteiger partial charge >= 0.3 is 0 Å². The van der Waals surface area contributed by atoms with Gasteiger partial charge in [-0.15, -0.1) is 10.2 Å². The predicted molar refractivity (Wildman–Crippen MR) is 120 cm³/mol. The standard InChI is InChI=1S/C22H29N5O4S/c1-3-27-19(11-23-21(29)15-8-9-17-18(10-15)31-13-30-17)25-26-22(27)32-12-20(28)24-16-7-5-4-6-14(16)2/h8-10,14,16H,3-7,11-13H2,1-2H3,(H,23,29)(H,24,28)/t14-,16+/m0/s1. The largest absolute Gasteiger partial charge is 0.454 e. The molecule has 0 spiro atoms. The summed E-state index contributed by atoms with van der Waals surface area (Å²) in [5.74, 6) is 2.46. The molecule has 1 aliphatic carbocycles. The summed E-state index contributed by atoms with van der Waals surface area (Å²) < 4.78 is 12.5. The minimum Gasteiger partial charge on any atom is -0.454 e. The summed E-state index contributed by atoms with van der Waals surface area (Å²) in [6, 6.07) is 5.35. The molecule has 0 saturated heterocycles. The Morgan fingerprint density at radius 3 is 2.81 bits per heavy atom. The van der Waals surface area contributed by atoms with Gasteiger partial charge in [0, 0.05) is 18.2 Å². The van der Waals surface area contributed by atoms with Crippen LogP contribution in [0.3, 0.4) is 0 Å². The third-order valence-electron chi connectivity index (χ3n) is 5.94. The lowest BCUT2D eigenvalue weighted by Gasteiger charge is -2.29. The maximum atomic E-state index is 12.5. The Hall–Kier alpha value is -2.75. The van der Waals surface area contributed by atoms with E-state index in [2.05, 4.69) is 27.8 Å². The number of ether oxygens (including phenoxy) is 2. The number of thioether (sulfide) groups is 1. The third-order valence-corrected chi connectivity index (χ3v) is 6.91. The quantitative estimate of drug-likeness (QED) is 0.585. The number of nitrogens with zero attached hydrogens (tertiary/aromatic N) is 3. The molecule has 2 heterocycles. The second kappa shape index (κ2) is 10.2. The first-order valence-corrected chi connectivity index (χ1v) is 12.1. The fourth-order valence-corrected chi connectivity index (χ4v) is 4.92. The fourth-order valence-electron chi connectivity index (χ4n) is 4.08. The normalized spacial score (nSPS) is 19.6. The minimum absolute atomic E-state index is 0.0251. The molecule has 0 bridgehead atoms. The zero-order chi connectivity index (χ0) is 22.5. The Labute approximate surface area is 191 Å². The summed E-state index contributed by atoms with van der Waals surface area (Å²) in [5.41, 5.74) is 0.486. The second-order valence-electron chi connectivity index (χ2n) is 8.12. The highest BCUT2D eigenvalue weighted by molar-refractivity contribution is 7.99. The maximum Gasteiger partial charge on any atom is 0.251 e. The lowest BCUT2D eigenvalue weighted by Crippen LogP contribution is -2.41. The average Bonchev–Trinajstić information content (AvgIpc) is 3.43. The van der Waals surface area contributed by atoms with Crippen LogP contribution in [-0.2, 0) is 17.9 Å². The highest BCUT2D eigenvalue weighted by atomic mass is 32.2. The van der Waals surface area contributed by atoms with Gasteiger partial charge in [-0.25, -0.2) is 0 Å². The number of benzene rings is 1. The van der Waals surface area contributed by atoms with E-state index in [1.165, 1.54) is 31.0 Å². The van der Waals surface area contributed by atoms with Crippen LogP contribution in [0, 0.1) is 5.92 Å². The van der Waals surface area contributed by atoms with E-state index in [4.69, 9.17) is 9.47 Å². The van der Waals surface area contributed by atoms with Crippen molar-refractivity contribution in [3.63, 3.8) is 0 Å². The predicted octanol–water partition coefficient (Wildman–Crippen LogP) is 2.74. The number of carbonyl (C=O) groups excluding carboxylic acids is 2. The number of amides is 2. The number of nitrogens with one attached hydrogen (secondary N) is 2. The summed E-state index contributed by atoms with van der Waals surface area (Å²) in [6.45, 7) is 5.24. The van der Waals surface area contributed by atoms with Crippen LogP contribution in [-0.4, -0.2) is 45.2 Å². The van der Waals surface area contributed by atoms with Crippen molar-refractivity contribution in [1.82, 2.24) is 25.4 Å². The molecule has 1 aromatic carbocycles. The Morgan fingerprint density at radius 1 is 1.19 bits per heavy atom. The van der Waals surface area contributed by atoms with Crippen LogP contribution in [0.1, 0.15) is 55.7 Å². The molecule has 2 amide bonds. The van der Waals surface area contributed by atoms with Gasteiger partial charge in [0.2, 0.25) is 12.7 Å². The first-order chi connectivity index (χ1) is 15.5. The first kappa shape index (κ1) is 22.4. The Kier molecular flexibility index (Phi) is 7.19. The monoisotopic (exact) mass is 459 g/mol. The molecular formula is C22H29N5O4S. The van der Waals surface area contributed by atoms with Crippen molar-refractivity contribution in [2.75, 3.05) is 12.5 Å². The molecule has 32 heavy (non-hydrogen) atoms. The highest BCUT2D eigenvalue weighted by Gasteiger charge is 2.23. The van der Waals surface area contributed by atoms with Crippen LogP contribution in [0.25, 0.3) is 0 Å². The van der Waals surface area contributed by atoms with Gasteiger partial charge in [-0.2, -0.15) is 0 Å². The molecule has 1 aliphatic heterocycles. The SMILES string of the molecule is CCn1c(CNC(=O)c2ccc3c(c2)OCO3)nnc1SCC(=O)N[C@@H]1CCCC[C@@H]1C. The van der Waals surface area contributed by atoms with Gasteiger partial charge in [0.1, 0.15) is 0 Å². The number of fused-ring (bicyclic) bond motifs is 1.